The second kappa shape index (κ2) is 5.62. The number of rotatable bonds is 4. The third kappa shape index (κ3) is 2.53. The monoisotopic (exact) mass is 296 g/mol. The number of aliphatic carboxylic acids is 1. The van der Waals surface area contributed by atoms with E-state index in [1.165, 1.54) is 4.68 Å². The van der Waals surface area contributed by atoms with Gasteiger partial charge in [-0.1, -0.05) is 29.8 Å². The van der Waals surface area contributed by atoms with E-state index in [1.54, 1.807) is 31.2 Å². The second-order valence-corrected chi connectivity index (χ2v) is 4.62. The number of hydrogen-bond donors (Lipinski definition) is 3. The maximum Gasteiger partial charge on any atom is 0.335 e. The summed E-state index contributed by atoms with van der Waals surface area (Å²) in [6.45, 7) is 1.58. The van der Waals surface area contributed by atoms with Crippen LogP contribution in [0, 0.1) is 6.92 Å². The summed E-state index contributed by atoms with van der Waals surface area (Å²) < 4.78 is 1.38. The zero-order chi connectivity index (χ0) is 14.9. The fourth-order valence-corrected chi connectivity index (χ4v) is 2.26. The standard InChI is InChI=1S/C13H13ClN2O4/c1-7-9(10(17)11(18)13(19)20)12(14)16(15-7)8-5-3-2-4-6-8/h2-6,10-11,17-18H,1H3,(H,19,20). The Morgan fingerprint density at radius 3 is 2.45 bits per heavy atom. The number of carbonyl (C=O) groups is 1. The fraction of sp³-hybridized carbons (Fsp3) is 0.231. The lowest BCUT2D eigenvalue weighted by Gasteiger charge is -2.13. The number of benzene rings is 1. The van der Waals surface area contributed by atoms with Gasteiger partial charge in [0.15, 0.2) is 6.10 Å². The molecule has 0 radical (unpaired) electrons. The summed E-state index contributed by atoms with van der Waals surface area (Å²) in [4.78, 5) is 10.7. The van der Waals surface area contributed by atoms with Crippen molar-refractivity contribution in [3.63, 3.8) is 0 Å². The Morgan fingerprint density at radius 2 is 1.90 bits per heavy atom. The van der Waals surface area contributed by atoms with Crippen LogP contribution in [0.25, 0.3) is 5.69 Å². The maximum atomic E-state index is 10.7. The van der Waals surface area contributed by atoms with E-state index in [0.29, 0.717) is 11.4 Å². The molecule has 6 nitrogen and oxygen atoms in total. The van der Waals surface area contributed by atoms with Gasteiger partial charge in [0.05, 0.1) is 11.4 Å². The van der Waals surface area contributed by atoms with Gasteiger partial charge in [-0.05, 0) is 19.1 Å². The lowest BCUT2D eigenvalue weighted by Crippen LogP contribution is -2.27. The molecule has 20 heavy (non-hydrogen) atoms. The van der Waals surface area contributed by atoms with Gasteiger partial charge in [-0.2, -0.15) is 5.10 Å². The third-order valence-corrected chi connectivity index (χ3v) is 3.26. The van der Waals surface area contributed by atoms with Crippen LogP contribution >= 0.6 is 11.6 Å². The largest absolute Gasteiger partial charge is 0.479 e. The van der Waals surface area contributed by atoms with E-state index in [1.807, 2.05) is 6.07 Å². The normalized spacial score (nSPS) is 14.0. The summed E-state index contributed by atoms with van der Waals surface area (Å²) in [7, 11) is 0. The van der Waals surface area contributed by atoms with Crippen LogP contribution in [-0.4, -0.2) is 37.2 Å². The fourth-order valence-electron chi connectivity index (χ4n) is 1.88. The van der Waals surface area contributed by atoms with Gasteiger partial charge in [0.25, 0.3) is 0 Å². The van der Waals surface area contributed by atoms with E-state index in [9.17, 15) is 15.0 Å². The molecule has 0 aliphatic carbocycles. The van der Waals surface area contributed by atoms with Crippen molar-refractivity contribution in [3.05, 3.63) is 46.7 Å². The minimum atomic E-state index is -1.96. The number of aryl methyl sites for hydroxylation is 1. The van der Waals surface area contributed by atoms with Crippen LogP contribution in [0.5, 0.6) is 0 Å². The van der Waals surface area contributed by atoms with Crippen LogP contribution in [0.4, 0.5) is 0 Å². The molecule has 0 saturated heterocycles. The molecule has 0 saturated carbocycles. The molecule has 2 atom stereocenters. The number of halogens is 1. The highest BCUT2D eigenvalue weighted by Gasteiger charge is 2.31. The molecule has 0 aliphatic heterocycles. The van der Waals surface area contributed by atoms with Crippen LogP contribution in [0.1, 0.15) is 17.4 Å². The molecular weight excluding hydrogens is 284 g/mol. The predicted molar refractivity (Wildman–Crippen MR) is 71.9 cm³/mol. The molecule has 3 N–H and O–H groups in total. The Balaban J connectivity index is 2.47. The first kappa shape index (κ1) is 14.5. The van der Waals surface area contributed by atoms with Crippen molar-refractivity contribution in [2.24, 2.45) is 0 Å². The van der Waals surface area contributed by atoms with Crippen molar-refractivity contribution < 1.29 is 20.1 Å². The van der Waals surface area contributed by atoms with E-state index in [2.05, 4.69) is 5.10 Å². The molecule has 2 unspecified atom stereocenters. The minimum Gasteiger partial charge on any atom is -0.479 e. The molecule has 1 aromatic heterocycles. The van der Waals surface area contributed by atoms with Crippen molar-refractivity contribution in [2.75, 3.05) is 0 Å². The van der Waals surface area contributed by atoms with Crippen LogP contribution in [0.15, 0.2) is 30.3 Å². The number of aromatic nitrogens is 2. The average molecular weight is 297 g/mol. The molecule has 2 rings (SSSR count). The quantitative estimate of drug-likeness (QED) is 0.790. The number of hydrogen-bond acceptors (Lipinski definition) is 4. The van der Waals surface area contributed by atoms with Crippen LogP contribution in [-0.2, 0) is 4.79 Å². The molecule has 7 heteroatoms. The maximum absolute atomic E-state index is 10.7. The van der Waals surface area contributed by atoms with Crippen molar-refractivity contribution in [3.8, 4) is 5.69 Å². The van der Waals surface area contributed by atoms with Crippen molar-refractivity contribution in [1.29, 1.82) is 0 Å². The number of nitrogens with zero attached hydrogens (tertiary/aromatic N) is 2. The van der Waals surface area contributed by atoms with Gasteiger partial charge in [0.1, 0.15) is 11.3 Å². The van der Waals surface area contributed by atoms with Gasteiger partial charge in [0, 0.05) is 5.56 Å². The molecule has 0 amide bonds. The predicted octanol–water partition coefficient (Wildman–Crippen LogP) is 1.31. The Hall–Kier alpha value is -1.89. The van der Waals surface area contributed by atoms with Crippen molar-refractivity contribution in [1.82, 2.24) is 9.78 Å². The first-order chi connectivity index (χ1) is 9.43. The van der Waals surface area contributed by atoms with Gasteiger partial charge in [-0.15, -0.1) is 0 Å². The number of aliphatic hydroxyl groups is 2. The van der Waals surface area contributed by atoms with E-state index in [-0.39, 0.29) is 10.7 Å². The van der Waals surface area contributed by atoms with Crippen LogP contribution < -0.4 is 0 Å². The summed E-state index contributed by atoms with van der Waals surface area (Å²) in [5.74, 6) is -1.53. The first-order valence-electron chi connectivity index (χ1n) is 5.83. The smallest absolute Gasteiger partial charge is 0.335 e. The number of carboxylic acid groups (broad SMARTS) is 1. The second-order valence-electron chi connectivity index (χ2n) is 4.27. The van der Waals surface area contributed by atoms with Gasteiger partial charge in [-0.3, -0.25) is 0 Å². The molecule has 0 aliphatic rings. The van der Waals surface area contributed by atoms with Gasteiger partial charge >= 0.3 is 5.97 Å². The molecule has 2 aromatic rings. The third-order valence-electron chi connectivity index (χ3n) is 2.90. The molecule has 0 bridgehead atoms. The first-order valence-corrected chi connectivity index (χ1v) is 6.20. The summed E-state index contributed by atoms with van der Waals surface area (Å²) >= 11 is 6.14. The summed E-state index contributed by atoms with van der Waals surface area (Å²) in [6.07, 6.45) is -3.60. The Morgan fingerprint density at radius 1 is 1.30 bits per heavy atom. The lowest BCUT2D eigenvalue weighted by atomic mass is 10.1. The molecule has 0 fully saturated rings. The molecule has 106 valence electrons. The van der Waals surface area contributed by atoms with E-state index in [0.717, 1.165) is 0 Å². The highest BCUT2D eigenvalue weighted by atomic mass is 35.5. The number of para-hydroxylation sites is 1. The summed E-state index contributed by atoms with van der Waals surface area (Å²) in [5.41, 5.74) is 1.13. The Kier molecular flexibility index (Phi) is 4.08. The molecular formula is C13H13ClN2O4. The van der Waals surface area contributed by atoms with Crippen molar-refractivity contribution in [2.45, 2.75) is 19.1 Å². The van der Waals surface area contributed by atoms with E-state index < -0.39 is 18.2 Å². The minimum absolute atomic E-state index is 0.0708. The van der Waals surface area contributed by atoms with Gasteiger partial charge in [0.2, 0.25) is 0 Å². The Labute approximate surface area is 119 Å². The van der Waals surface area contributed by atoms with Crippen molar-refractivity contribution >= 4 is 17.6 Å². The summed E-state index contributed by atoms with van der Waals surface area (Å²) in [5, 5.41) is 32.3. The topological polar surface area (TPSA) is 95.6 Å². The van der Waals surface area contributed by atoms with E-state index >= 15 is 0 Å². The van der Waals surface area contributed by atoms with Crippen LogP contribution in [0.3, 0.4) is 0 Å². The molecule has 0 spiro atoms. The lowest BCUT2D eigenvalue weighted by molar-refractivity contribution is -0.153. The average Bonchev–Trinajstić information content (AvgIpc) is 2.73. The summed E-state index contributed by atoms with van der Waals surface area (Å²) in [6, 6.07) is 8.96. The SMILES string of the molecule is Cc1nn(-c2ccccc2)c(Cl)c1C(O)C(O)C(=O)O. The highest BCUT2D eigenvalue weighted by molar-refractivity contribution is 6.30. The molecule has 1 aromatic carbocycles. The molecule has 1 heterocycles. The van der Waals surface area contributed by atoms with E-state index in [4.69, 9.17) is 16.7 Å². The number of carboxylic acids is 1. The Bertz CT molecular complexity index is 627. The van der Waals surface area contributed by atoms with Crippen LogP contribution in [0.2, 0.25) is 5.15 Å². The van der Waals surface area contributed by atoms with Gasteiger partial charge in [-0.25, -0.2) is 9.48 Å². The zero-order valence-corrected chi connectivity index (χ0v) is 11.3. The zero-order valence-electron chi connectivity index (χ0n) is 10.6. The van der Waals surface area contributed by atoms with Gasteiger partial charge < -0.3 is 15.3 Å². The number of aliphatic hydroxyl groups excluding tert-OH is 2. The highest BCUT2D eigenvalue weighted by Crippen LogP contribution is 2.30.